The van der Waals surface area contributed by atoms with E-state index in [-0.39, 0.29) is 0 Å². The summed E-state index contributed by atoms with van der Waals surface area (Å²) in [5, 5.41) is 0. The first-order valence-electron chi connectivity index (χ1n) is 9.10. The van der Waals surface area contributed by atoms with E-state index in [0.29, 0.717) is 38.3 Å². The fourth-order valence-electron chi connectivity index (χ4n) is 2.70. The summed E-state index contributed by atoms with van der Waals surface area (Å²) < 4.78 is 17.3. The lowest BCUT2D eigenvalue weighted by molar-refractivity contribution is 0.0758. The highest BCUT2D eigenvalue weighted by Gasteiger charge is 2.07. The predicted octanol–water partition coefficient (Wildman–Crippen LogP) is 5.41. The molecule has 2 aromatic carbocycles. The third-order valence-electron chi connectivity index (χ3n) is 4.05. The van der Waals surface area contributed by atoms with Gasteiger partial charge in [0.2, 0.25) is 0 Å². The zero-order valence-corrected chi connectivity index (χ0v) is 15.8. The molecule has 0 aliphatic heterocycles. The molecule has 0 radical (unpaired) electrons. The summed E-state index contributed by atoms with van der Waals surface area (Å²) >= 11 is 0. The molecule has 0 unspecified atom stereocenters. The Labute approximate surface area is 151 Å². The van der Waals surface area contributed by atoms with Crippen LogP contribution in [0.3, 0.4) is 0 Å². The second-order valence-electron chi connectivity index (χ2n) is 6.69. The minimum absolute atomic E-state index is 0.451. The number of para-hydroxylation sites is 2. The average molecular weight is 342 g/mol. The van der Waals surface area contributed by atoms with E-state index in [4.69, 9.17) is 14.2 Å². The summed E-state index contributed by atoms with van der Waals surface area (Å²) in [7, 11) is 0. The van der Waals surface area contributed by atoms with Crippen LogP contribution in [-0.4, -0.2) is 26.4 Å². The first-order chi connectivity index (χ1) is 12.1. The molecule has 136 valence electrons. The molecule has 0 spiro atoms. The van der Waals surface area contributed by atoms with Crippen molar-refractivity contribution in [1.29, 1.82) is 0 Å². The summed E-state index contributed by atoms with van der Waals surface area (Å²) in [5.74, 6) is 2.80. The fourth-order valence-corrected chi connectivity index (χ4v) is 2.70. The number of ether oxygens (including phenoxy) is 3. The maximum absolute atomic E-state index is 5.85. The monoisotopic (exact) mass is 342 g/mol. The second-order valence-corrected chi connectivity index (χ2v) is 6.69. The van der Waals surface area contributed by atoms with E-state index in [1.165, 1.54) is 11.1 Å². The third kappa shape index (κ3) is 6.09. The smallest absolute Gasteiger partial charge is 0.122 e. The maximum Gasteiger partial charge on any atom is 0.122 e. The van der Waals surface area contributed by atoms with Crippen LogP contribution in [0.1, 0.15) is 50.7 Å². The van der Waals surface area contributed by atoms with Gasteiger partial charge in [-0.05, 0) is 35.1 Å². The van der Waals surface area contributed by atoms with Crippen LogP contribution in [0, 0.1) is 0 Å². The van der Waals surface area contributed by atoms with Gasteiger partial charge in [-0.25, -0.2) is 0 Å². The zero-order chi connectivity index (χ0) is 18.1. The standard InChI is InChI=1S/C22H30O3/c1-17(2)19-9-5-7-11-21(19)24-15-13-23-14-16-25-22-12-8-6-10-20(22)18(3)4/h5-12,17-18H,13-16H2,1-4H3. The molecule has 3 nitrogen and oxygen atoms in total. The molecule has 0 amide bonds. The molecule has 0 heterocycles. The molecule has 0 fully saturated rings. The predicted molar refractivity (Wildman–Crippen MR) is 103 cm³/mol. The molecule has 0 saturated heterocycles. The van der Waals surface area contributed by atoms with Crippen molar-refractivity contribution in [2.24, 2.45) is 0 Å². The van der Waals surface area contributed by atoms with Crippen LogP contribution in [0.25, 0.3) is 0 Å². The molecule has 0 aromatic heterocycles. The van der Waals surface area contributed by atoms with Crippen LogP contribution in [0.2, 0.25) is 0 Å². The molecular weight excluding hydrogens is 312 g/mol. The summed E-state index contributed by atoms with van der Waals surface area (Å²) in [4.78, 5) is 0. The van der Waals surface area contributed by atoms with Crippen molar-refractivity contribution in [2.75, 3.05) is 26.4 Å². The van der Waals surface area contributed by atoms with E-state index >= 15 is 0 Å². The minimum Gasteiger partial charge on any atom is -0.491 e. The van der Waals surface area contributed by atoms with Crippen molar-refractivity contribution < 1.29 is 14.2 Å². The van der Waals surface area contributed by atoms with Crippen LogP contribution in [0.5, 0.6) is 11.5 Å². The second kappa shape index (κ2) is 10.1. The topological polar surface area (TPSA) is 27.7 Å². The van der Waals surface area contributed by atoms with Gasteiger partial charge >= 0.3 is 0 Å². The molecule has 3 heteroatoms. The van der Waals surface area contributed by atoms with Gasteiger partial charge in [0, 0.05) is 0 Å². The van der Waals surface area contributed by atoms with Crippen LogP contribution in [0.4, 0.5) is 0 Å². The van der Waals surface area contributed by atoms with Crippen molar-refractivity contribution in [2.45, 2.75) is 39.5 Å². The Morgan fingerprint density at radius 1 is 0.600 bits per heavy atom. The largest absolute Gasteiger partial charge is 0.491 e. The van der Waals surface area contributed by atoms with E-state index in [9.17, 15) is 0 Å². The zero-order valence-electron chi connectivity index (χ0n) is 15.8. The van der Waals surface area contributed by atoms with E-state index in [2.05, 4.69) is 39.8 Å². The maximum atomic E-state index is 5.85. The van der Waals surface area contributed by atoms with Crippen molar-refractivity contribution in [1.82, 2.24) is 0 Å². The normalized spacial score (nSPS) is 11.1. The van der Waals surface area contributed by atoms with E-state index in [1.54, 1.807) is 0 Å². The number of hydrogen-bond donors (Lipinski definition) is 0. The van der Waals surface area contributed by atoms with Gasteiger partial charge in [0.15, 0.2) is 0 Å². The van der Waals surface area contributed by atoms with Gasteiger partial charge in [0.1, 0.15) is 24.7 Å². The van der Waals surface area contributed by atoms with Crippen LogP contribution < -0.4 is 9.47 Å². The highest BCUT2D eigenvalue weighted by molar-refractivity contribution is 5.36. The SMILES string of the molecule is CC(C)c1ccccc1OCCOCCOc1ccccc1C(C)C. The van der Waals surface area contributed by atoms with Gasteiger partial charge in [0.05, 0.1) is 13.2 Å². The molecule has 0 bridgehead atoms. The Kier molecular flexibility index (Phi) is 7.80. The van der Waals surface area contributed by atoms with Gasteiger partial charge in [-0.15, -0.1) is 0 Å². The number of benzene rings is 2. The highest BCUT2D eigenvalue weighted by atomic mass is 16.5. The molecule has 2 aromatic rings. The van der Waals surface area contributed by atoms with Crippen molar-refractivity contribution in [3.05, 3.63) is 59.7 Å². The Morgan fingerprint density at radius 3 is 1.40 bits per heavy atom. The van der Waals surface area contributed by atoms with Gasteiger partial charge in [-0.3, -0.25) is 0 Å². The molecule has 0 saturated carbocycles. The highest BCUT2D eigenvalue weighted by Crippen LogP contribution is 2.26. The number of rotatable bonds is 10. The van der Waals surface area contributed by atoms with Gasteiger partial charge < -0.3 is 14.2 Å². The summed E-state index contributed by atoms with van der Waals surface area (Å²) in [5.41, 5.74) is 2.47. The van der Waals surface area contributed by atoms with Crippen molar-refractivity contribution >= 4 is 0 Å². The molecule has 0 atom stereocenters. The lowest BCUT2D eigenvalue weighted by atomic mass is 10.0. The van der Waals surface area contributed by atoms with Crippen molar-refractivity contribution in [3.63, 3.8) is 0 Å². The number of hydrogen-bond acceptors (Lipinski definition) is 3. The van der Waals surface area contributed by atoms with Crippen LogP contribution in [0.15, 0.2) is 48.5 Å². The molecule has 0 aliphatic carbocycles. The molecule has 25 heavy (non-hydrogen) atoms. The summed E-state index contributed by atoms with van der Waals surface area (Å²) in [6.45, 7) is 10.9. The quantitative estimate of drug-likeness (QED) is 0.541. The first-order valence-corrected chi connectivity index (χ1v) is 9.10. The Balaban J connectivity index is 1.66. The Bertz CT molecular complexity index is 579. The average Bonchev–Trinajstić information content (AvgIpc) is 2.61. The molecule has 0 aliphatic rings. The molecule has 0 N–H and O–H groups in total. The van der Waals surface area contributed by atoms with Gasteiger partial charge in [0.25, 0.3) is 0 Å². The van der Waals surface area contributed by atoms with Crippen molar-refractivity contribution in [3.8, 4) is 11.5 Å². The molecule has 2 rings (SSSR count). The summed E-state index contributed by atoms with van der Waals surface area (Å²) in [6, 6.07) is 16.4. The van der Waals surface area contributed by atoms with E-state index < -0.39 is 0 Å². The third-order valence-corrected chi connectivity index (χ3v) is 4.05. The fraction of sp³-hybridized carbons (Fsp3) is 0.455. The van der Waals surface area contributed by atoms with E-state index in [1.807, 2.05) is 36.4 Å². The Hall–Kier alpha value is -2.00. The summed E-state index contributed by atoms with van der Waals surface area (Å²) in [6.07, 6.45) is 0. The van der Waals surface area contributed by atoms with E-state index in [0.717, 1.165) is 11.5 Å². The van der Waals surface area contributed by atoms with Gasteiger partial charge in [-0.1, -0.05) is 64.1 Å². The van der Waals surface area contributed by atoms with Crippen LogP contribution >= 0.6 is 0 Å². The Morgan fingerprint density at radius 2 is 1.00 bits per heavy atom. The van der Waals surface area contributed by atoms with Crippen LogP contribution in [-0.2, 0) is 4.74 Å². The first kappa shape index (κ1) is 19.3. The minimum atomic E-state index is 0.451. The van der Waals surface area contributed by atoms with Gasteiger partial charge in [-0.2, -0.15) is 0 Å². The molecular formula is C22H30O3. The lowest BCUT2D eigenvalue weighted by Gasteiger charge is -2.15. The lowest BCUT2D eigenvalue weighted by Crippen LogP contribution is -2.13.